The van der Waals surface area contributed by atoms with Crippen molar-refractivity contribution in [3.8, 4) is 5.75 Å². The van der Waals surface area contributed by atoms with Gasteiger partial charge in [-0.25, -0.2) is 4.39 Å². The minimum atomic E-state index is -0.789. The third-order valence-corrected chi connectivity index (χ3v) is 3.55. The molecule has 0 amide bonds. The Bertz CT molecular complexity index is 403. The maximum absolute atomic E-state index is 13.6. The van der Waals surface area contributed by atoms with Crippen LogP contribution in [0.1, 0.15) is 37.9 Å². The SMILES string of the molecule is C[C@@H](O)c1ccc(OCCN2CCCCC2)cc1F. The highest BCUT2D eigenvalue weighted by Gasteiger charge is 2.11. The first-order valence-electron chi connectivity index (χ1n) is 6.99. The van der Waals surface area contributed by atoms with E-state index in [2.05, 4.69) is 4.90 Å². The molecule has 1 N–H and O–H groups in total. The number of piperidine rings is 1. The molecule has 3 nitrogen and oxygen atoms in total. The Balaban J connectivity index is 1.81. The molecule has 0 aromatic heterocycles. The van der Waals surface area contributed by atoms with E-state index in [9.17, 15) is 9.50 Å². The molecule has 2 rings (SSSR count). The molecule has 19 heavy (non-hydrogen) atoms. The number of rotatable bonds is 5. The molecular weight excluding hydrogens is 245 g/mol. The van der Waals surface area contributed by atoms with Crippen molar-refractivity contribution in [2.45, 2.75) is 32.3 Å². The van der Waals surface area contributed by atoms with E-state index in [0.717, 1.165) is 19.6 Å². The summed E-state index contributed by atoms with van der Waals surface area (Å²) in [5.41, 5.74) is 0.309. The van der Waals surface area contributed by atoms with Gasteiger partial charge in [0.05, 0.1) is 6.10 Å². The topological polar surface area (TPSA) is 32.7 Å². The van der Waals surface area contributed by atoms with Crippen LogP contribution in [-0.2, 0) is 0 Å². The average molecular weight is 267 g/mol. The molecule has 0 unspecified atom stereocenters. The van der Waals surface area contributed by atoms with Gasteiger partial charge in [0.25, 0.3) is 0 Å². The lowest BCUT2D eigenvalue weighted by Crippen LogP contribution is -2.33. The van der Waals surface area contributed by atoms with Crippen LogP contribution in [0.25, 0.3) is 0 Å². The average Bonchev–Trinajstić information content (AvgIpc) is 2.39. The lowest BCUT2D eigenvalue weighted by atomic mass is 10.1. The van der Waals surface area contributed by atoms with Gasteiger partial charge in [-0.15, -0.1) is 0 Å². The molecule has 0 radical (unpaired) electrons. The van der Waals surface area contributed by atoms with E-state index in [0.29, 0.717) is 17.9 Å². The van der Waals surface area contributed by atoms with Crippen molar-refractivity contribution in [1.82, 2.24) is 4.90 Å². The van der Waals surface area contributed by atoms with Crippen LogP contribution in [0.4, 0.5) is 4.39 Å². The highest BCUT2D eigenvalue weighted by Crippen LogP contribution is 2.21. The van der Waals surface area contributed by atoms with Crippen molar-refractivity contribution in [3.05, 3.63) is 29.6 Å². The number of aliphatic hydroxyl groups excluding tert-OH is 1. The van der Waals surface area contributed by atoms with E-state index < -0.39 is 11.9 Å². The molecule has 0 bridgehead atoms. The van der Waals surface area contributed by atoms with Gasteiger partial charge in [0.1, 0.15) is 18.2 Å². The van der Waals surface area contributed by atoms with E-state index in [-0.39, 0.29) is 0 Å². The zero-order valence-electron chi connectivity index (χ0n) is 11.4. The van der Waals surface area contributed by atoms with Crippen molar-refractivity contribution in [3.63, 3.8) is 0 Å². The molecule has 1 atom stereocenters. The molecule has 1 fully saturated rings. The van der Waals surface area contributed by atoms with Crippen molar-refractivity contribution in [2.24, 2.45) is 0 Å². The summed E-state index contributed by atoms with van der Waals surface area (Å²) in [6.07, 6.45) is 3.06. The summed E-state index contributed by atoms with van der Waals surface area (Å²) in [5.74, 6) is 0.115. The summed E-state index contributed by atoms with van der Waals surface area (Å²) in [6.45, 7) is 5.29. The molecule has 1 aliphatic rings. The molecule has 1 aromatic rings. The number of halogens is 1. The third-order valence-electron chi connectivity index (χ3n) is 3.55. The fraction of sp³-hybridized carbons (Fsp3) is 0.600. The van der Waals surface area contributed by atoms with Gasteiger partial charge < -0.3 is 9.84 Å². The Morgan fingerprint density at radius 1 is 1.32 bits per heavy atom. The van der Waals surface area contributed by atoms with E-state index >= 15 is 0 Å². The van der Waals surface area contributed by atoms with Gasteiger partial charge in [-0.3, -0.25) is 4.90 Å². The number of nitrogens with zero attached hydrogens (tertiary/aromatic N) is 1. The molecule has 0 aliphatic carbocycles. The molecule has 0 saturated carbocycles. The van der Waals surface area contributed by atoms with Gasteiger partial charge in [-0.1, -0.05) is 6.42 Å². The Kier molecular flexibility index (Phi) is 5.16. The summed E-state index contributed by atoms with van der Waals surface area (Å²) in [7, 11) is 0. The van der Waals surface area contributed by atoms with E-state index in [4.69, 9.17) is 4.74 Å². The summed E-state index contributed by atoms with van der Waals surface area (Å²) >= 11 is 0. The maximum Gasteiger partial charge on any atom is 0.132 e. The summed E-state index contributed by atoms with van der Waals surface area (Å²) in [6, 6.07) is 4.63. The quantitative estimate of drug-likeness (QED) is 0.890. The van der Waals surface area contributed by atoms with Crippen molar-refractivity contribution in [2.75, 3.05) is 26.2 Å². The van der Waals surface area contributed by atoms with Crippen LogP contribution in [0.15, 0.2) is 18.2 Å². The summed E-state index contributed by atoms with van der Waals surface area (Å²) in [4.78, 5) is 2.38. The fourth-order valence-electron chi connectivity index (χ4n) is 2.41. The smallest absolute Gasteiger partial charge is 0.132 e. The van der Waals surface area contributed by atoms with E-state index in [1.807, 2.05) is 0 Å². The predicted molar refractivity (Wildman–Crippen MR) is 72.8 cm³/mol. The van der Waals surface area contributed by atoms with Gasteiger partial charge >= 0.3 is 0 Å². The number of hydrogen-bond donors (Lipinski definition) is 1. The maximum atomic E-state index is 13.6. The molecule has 1 aromatic carbocycles. The molecular formula is C15H22FNO2. The monoisotopic (exact) mass is 267 g/mol. The van der Waals surface area contributed by atoms with Crippen LogP contribution in [0.3, 0.4) is 0 Å². The largest absolute Gasteiger partial charge is 0.492 e. The molecule has 1 aliphatic heterocycles. The second-order valence-corrected chi connectivity index (χ2v) is 5.11. The molecule has 0 spiro atoms. The highest BCUT2D eigenvalue weighted by atomic mass is 19.1. The normalized spacial score (nSPS) is 18.3. The lowest BCUT2D eigenvalue weighted by Gasteiger charge is -2.26. The molecule has 4 heteroatoms. The first-order valence-corrected chi connectivity index (χ1v) is 6.99. The van der Waals surface area contributed by atoms with Gasteiger partial charge in [0, 0.05) is 18.2 Å². The zero-order chi connectivity index (χ0) is 13.7. The highest BCUT2D eigenvalue weighted by molar-refractivity contribution is 5.29. The zero-order valence-corrected chi connectivity index (χ0v) is 11.4. The Morgan fingerprint density at radius 3 is 2.68 bits per heavy atom. The Morgan fingerprint density at radius 2 is 2.05 bits per heavy atom. The van der Waals surface area contributed by atoms with Gasteiger partial charge in [-0.2, -0.15) is 0 Å². The van der Waals surface area contributed by atoms with Gasteiger partial charge in [-0.05, 0) is 45.0 Å². The van der Waals surface area contributed by atoms with Crippen LogP contribution in [-0.4, -0.2) is 36.2 Å². The van der Waals surface area contributed by atoms with E-state index in [1.165, 1.54) is 25.3 Å². The number of hydrogen-bond acceptors (Lipinski definition) is 3. The first kappa shape index (κ1) is 14.3. The second kappa shape index (κ2) is 6.87. The number of aliphatic hydroxyl groups is 1. The van der Waals surface area contributed by atoms with Crippen LogP contribution in [0.2, 0.25) is 0 Å². The lowest BCUT2D eigenvalue weighted by molar-refractivity contribution is 0.182. The van der Waals surface area contributed by atoms with Crippen LogP contribution >= 0.6 is 0 Å². The van der Waals surface area contributed by atoms with Crippen LogP contribution in [0.5, 0.6) is 5.75 Å². The minimum Gasteiger partial charge on any atom is -0.492 e. The fourth-order valence-corrected chi connectivity index (χ4v) is 2.41. The van der Waals surface area contributed by atoms with Crippen molar-refractivity contribution >= 4 is 0 Å². The van der Waals surface area contributed by atoms with Gasteiger partial charge in [0.15, 0.2) is 0 Å². The number of ether oxygens (including phenoxy) is 1. The van der Waals surface area contributed by atoms with Crippen molar-refractivity contribution in [1.29, 1.82) is 0 Å². The van der Waals surface area contributed by atoms with E-state index in [1.54, 1.807) is 19.1 Å². The minimum absolute atomic E-state index is 0.309. The summed E-state index contributed by atoms with van der Waals surface area (Å²) < 4.78 is 19.2. The summed E-state index contributed by atoms with van der Waals surface area (Å²) in [5, 5.41) is 9.35. The van der Waals surface area contributed by atoms with Crippen LogP contribution in [0, 0.1) is 5.82 Å². The molecule has 106 valence electrons. The predicted octanol–water partition coefficient (Wildman–Crippen LogP) is 2.74. The first-order chi connectivity index (χ1) is 9.16. The van der Waals surface area contributed by atoms with Crippen LogP contribution < -0.4 is 4.74 Å². The van der Waals surface area contributed by atoms with Gasteiger partial charge in [0.2, 0.25) is 0 Å². The molecule has 1 saturated heterocycles. The van der Waals surface area contributed by atoms with Crippen molar-refractivity contribution < 1.29 is 14.2 Å². The Hall–Kier alpha value is -1.13. The second-order valence-electron chi connectivity index (χ2n) is 5.11. The Labute approximate surface area is 114 Å². The third kappa shape index (κ3) is 4.18. The standard InChI is InChI=1S/C15H22FNO2/c1-12(18)14-6-5-13(11-15(14)16)19-10-9-17-7-3-2-4-8-17/h5-6,11-12,18H,2-4,7-10H2,1H3/t12-/m1/s1. The number of likely N-dealkylation sites (tertiary alicyclic amines) is 1. The number of benzene rings is 1. The molecule has 1 heterocycles.